The van der Waals surface area contributed by atoms with E-state index < -0.39 is 23.5 Å². The van der Waals surface area contributed by atoms with Crippen molar-refractivity contribution >= 4 is 17.4 Å². The van der Waals surface area contributed by atoms with Crippen LogP contribution in [0, 0.1) is 5.82 Å². The molecule has 2 N–H and O–H groups in total. The number of rotatable bonds is 5. The number of amides is 1. The molecule has 1 atom stereocenters. The van der Waals surface area contributed by atoms with Crippen LogP contribution in [0.15, 0.2) is 60.2 Å². The molecule has 156 valence electrons. The molecule has 2 heterocycles. The molecule has 0 aliphatic carbocycles. The number of nitrogens with zero attached hydrogens (tertiary/aromatic N) is 1. The van der Waals surface area contributed by atoms with Gasteiger partial charge in [0.05, 0.1) is 37.9 Å². The minimum atomic E-state index is -0.758. The first-order valence-electron chi connectivity index (χ1n) is 10.1. The van der Waals surface area contributed by atoms with Crippen molar-refractivity contribution in [3.05, 3.63) is 77.1 Å². The van der Waals surface area contributed by atoms with Crippen LogP contribution in [0.2, 0.25) is 0 Å². The molecule has 2 aromatic rings. The number of hydrogen-bond acceptors (Lipinski definition) is 4. The quantitative estimate of drug-likeness (QED) is 0.440. The third-order valence-electron chi connectivity index (χ3n) is 5.68. The first kappa shape index (κ1) is 20.3. The van der Waals surface area contributed by atoms with Crippen molar-refractivity contribution in [1.82, 2.24) is 4.90 Å². The number of hydrogen-bond donors (Lipinski definition) is 2. The predicted molar refractivity (Wildman–Crippen MR) is 108 cm³/mol. The summed E-state index contributed by atoms with van der Waals surface area (Å²) in [5, 5.41) is 10.9. The summed E-state index contributed by atoms with van der Waals surface area (Å²) in [6.07, 6.45) is 0. The molecule has 2 saturated heterocycles. The number of carbonyl (C=O) groups is 2. The van der Waals surface area contributed by atoms with Gasteiger partial charge in [0.1, 0.15) is 24.7 Å². The van der Waals surface area contributed by atoms with Gasteiger partial charge in [-0.25, -0.2) is 4.39 Å². The number of morpholine rings is 1. The second-order valence-corrected chi connectivity index (χ2v) is 7.52. The Kier molecular flexibility index (Phi) is 5.92. The molecule has 0 aromatic heterocycles. The highest BCUT2D eigenvalue weighted by Crippen LogP contribution is 2.39. The number of benzene rings is 2. The number of nitrogens with one attached hydrogen (secondary N) is 1. The summed E-state index contributed by atoms with van der Waals surface area (Å²) in [4.78, 5) is 28.6. The molecule has 1 amide bonds. The van der Waals surface area contributed by atoms with Gasteiger partial charge in [-0.2, -0.15) is 0 Å². The van der Waals surface area contributed by atoms with E-state index in [4.69, 9.17) is 4.74 Å². The van der Waals surface area contributed by atoms with Crippen LogP contribution in [0.5, 0.6) is 0 Å². The molecular weight excluding hydrogens is 387 g/mol. The fourth-order valence-corrected chi connectivity index (χ4v) is 4.04. The van der Waals surface area contributed by atoms with Crippen LogP contribution in [0.4, 0.5) is 4.39 Å². The summed E-state index contributed by atoms with van der Waals surface area (Å²) in [5.41, 5.74) is 1.08. The fraction of sp³-hybridized carbons (Fsp3) is 0.304. The molecule has 6 nitrogen and oxygen atoms in total. The first-order valence-corrected chi connectivity index (χ1v) is 10.1. The van der Waals surface area contributed by atoms with E-state index in [1.54, 1.807) is 42.5 Å². The lowest BCUT2D eigenvalue weighted by molar-refractivity contribution is -0.907. The van der Waals surface area contributed by atoms with E-state index in [1.807, 2.05) is 0 Å². The predicted octanol–water partition coefficient (Wildman–Crippen LogP) is 1.16. The molecule has 0 saturated carbocycles. The van der Waals surface area contributed by atoms with Crippen LogP contribution in [0.25, 0.3) is 5.76 Å². The van der Waals surface area contributed by atoms with Gasteiger partial charge in [0.15, 0.2) is 0 Å². The second kappa shape index (κ2) is 8.77. The van der Waals surface area contributed by atoms with Gasteiger partial charge in [-0.3, -0.25) is 9.59 Å². The third-order valence-corrected chi connectivity index (χ3v) is 5.68. The van der Waals surface area contributed by atoms with E-state index in [-0.39, 0.29) is 11.3 Å². The molecule has 0 bridgehead atoms. The highest BCUT2D eigenvalue weighted by Gasteiger charge is 2.46. The molecule has 2 aliphatic rings. The Labute approximate surface area is 174 Å². The van der Waals surface area contributed by atoms with Crippen LogP contribution < -0.4 is 4.90 Å². The topological polar surface area (TPSA) is 71.3 Å². The second-order valence-electron chi connectivity index (χ2n) is 7.52. The van der Waals surface area contributed by atoms with Crippen LogP contribution in [0.1, 0.15) is 17.2 Å². The molecule has 2 aliphatic heterocycles. The van der Waals surface area contributed by atoms with E-state index >= 15 is 0 Å². The molecule has 30 heavy (non-hydrogen) atoms. The highest BCUT2D eigenvalue weighted by molar-refractivity contribution is 6.46. The lowest BCUT2D eigenvalue weighted by Crippen LogP contribution is -3.14. The summed E-state index contributed by atoms with van der Waals surface area (Å²) in [7, 11) is 0. The van der Waals surface area contributed by atoms with Gasteiger partial charge in [0.25, 0.3) is 11.7 Å². The monoisotopic (exact) mass is 411 g/mol. The Hall–Kier alpha value is -3.03. The zero-order chi connectivity index (χ0) is 21.1. The van der Waals surface area contributed by atoms with E-state index in [0.29, 0.717) is 37.4 Å². The van der Waals surface area contributed by atoms with E-state index in [1.165, 1.54) is 21.9 Å². The van der Waals surface area contributed by atoms with Crippen molar-refractivity contribution in [2.24, 2.45) is 0 Å². The maximum atomic E-state index is 13.5. The number of quaternary nitrogens is 1. The molecule has 0 radical (unpaired) electrons. The summed E-state index contributed by atoms with van der Waals surface area (Å²) in [6, 6.07) is 13.6. The molecule has 1 unspecified atom stereocenters. The Morgan fingerprint density at radius 3 is 2.40 bits per heavy atom. The van der Waals surface area contributed by atoms with Gasteiger partial charge >= 0.3 is 0 Å². The average molecular weight is 411 g/mol. The fourth-order valence-electron chi connectivity index (χ4n) is 4.04. The van der Waals surface area contributed by atoms with Gasteiger partial charge in [0, 0.05) is 5.56 Å². The normalized spacial score (nSPS) is 21.9. The summed E-state index contributed by atoms with van der Waals surface area (Å²) < 4.78 is 18.9. The number of aliphatic hydroxyl groups is 1. The SMILES string of the molecule is O=C1C(=O)N(CC[NH+]2CCOCC2)C(c2ccc(F)cc2)C1=C(O)c1ccccc1. The van der Waals surface area contributed by atoms with Crippen LogP contribution in [-0.2, 0) is 14.3 Å². The lowest BCUT2D eigenvalue weighted by Gasteiger charge is -2.29. The lowest BCUT2D eigenvalue weighted by atomic mass is 9.95. The van der Waals surface area contributed by atoms with Gasteiger partial charge in [-0.05, 0) is 17.7 Å². The van der Waals surface area contributed by atoms with Crippen LogP contribution in [-0.4, -0.2) is 61.1 Å². The molecule has 2 fully saturated rings. The minimum absolute atomic E-state index is 0.0368. The Morgan fingerprint density at radius 1 is 1.07 bits per heavy atom. The molecule has 0 spiro atoms. The number of halogens is 1. The number of likely N-dealkylation sites (tertiary alicyclic amines) is 1. The van der Waals surface area contributed by atoms with E-state index in [0.717, 1.165) is 13.1 Å². The number of carbonyl (C=O) groups excluding carboxylic acids is 2. The van der Waals surface area contributed by atoms with Crippen molar-refractivity contribution in [2.45, 2.75) is 6.04 Å². The smallest absolute Gasteiger partial charge is 0.295 e. The van der Waals surface area contributed by atoms with Crippen LogP contribution >= 0.6 is 0 Å². The van der Waals surface area contributed by atoms with Crippen LogP contribution in [0.3, 0.4) is 0 Å². The minimum Gasteiger partial charge on any atom is -0.507 e. The summed E-state index contributed by atoms with van der Waals surface area (Å²) in [5.74, 6) is -1.99. The van der Waals surface area contributed by atoms with Gasteiger partial charge < -0.3 is 19.6 Å². The van der Waals surface area contributed by atoms with E-state index in [2.05, 4.69) is 0 Å². The molecule has 7 heteroatoms. The van der Waals surface area contributed by atoms with Gasteiger partial charge in [-0.1, -0.05) is 42.5 Å². The Bertz CT molecular complexity index is 953. The third kappa shape index (κ3) is 3.99. The van der Waals surface area contributed by atoms with Crippen molar-refractivity contribution in [3.63, 3.8) is 0 Å². The molecule has 4 rings (SSSR count). The summed E-state index contributed by atoms with van der Waals surface area (Å²) >= 11 is 0. The first-order chi connectivity index (χ1) is 14.6. The number of ether oxygens (including phenoxy) is 1. The van der Waals surface area contributed by atoms with Crippen molar-refractivity contribution < 1.29 is 28.7 Å². The molecular formula is C23H24FN2O4+. The number of ketones is 1. The largest absolute Gasteiger partial charge is 0.507 e. The maximum absolute atomic E-state index is 13.5. The van der Waals surface area contributed by atoms with Gasteiger partial charge in [-0.15, -0.1) is 0 Å². The standard InChI is InChI=1S/C23H23FN2O4/c24-18-8-6-16(7-9-18)20-19(21(27)17-4-2-1-3-5-17)22(28)23(29)26(20)11-10-25-12-14-30-15-13-25/h1-9,20,27H,10-15H2/p+1. The Balaban J connectivity index is 1.72. The average Bonchev–Trinajstić information content (AvgIpc) is 3.04. The Morgan fingerprint density at radius 2 is 1.73 bits per heavy atom. The highest BCUT2D eigenvalue weighted by atomic mass is 19.1. The number of Topliss-reactive ketones (excluding diaryl/α,β-unsaturated/α-hetero) is 1. The zero-order valence-corrected chi connectivity index (χ0v) is 16.5. The van der Waals surface area contributed by atoms with Crippen molar-refractivity contribution in [3.8, 4) is 0 Å². The van der Waals surface area contributed by atoms with Crippen molar-refractivity contribution in [2.75, 3.05) is 39.4 Å². The van der Waals surface area contributed by atoms with Crippen molar-refractivity contribution in [1.29, 1.82) is 0 Å². The zero-order valence-electron chi connectivity index (χ0n) is 16.5. The molecule has 2 aromatic carbocycles. The maximum Gasteiger partial charge on any atom is 0.295 e. The summed E-state index contributed by atoms with van der Waals surface area (Å²) in [6.45, 7) is 4.05. The number of aliphatic hydroxyl groups excluding tert-OH is 1. The van der Waals surface area contributed by atoms with Gasteiger partial charge in [0.2, 0.25) is 0 Å². The van der Waals surface area contributed by atoms with E-state index in [9.17, 15) is 19.1 Å².